The van der Waals surface area contributed by atoms with Gasteiger partial charge in [-0.1, -0.05) is 0 Å². The van der Waals surface area contributed by atoms with Crippen molar-refractivity contribution in [3.05, 3.63) is 22.7 Å². The Morgan fingerprint density at radius 2 is 1.86 bits per heavy atom. The summed E-state index contributed by atoms with van der Waals surface area (Å²) in [7, 11) is 0. The second-order valence-electron chi connectivity index (χ2n) is 6.84. The first-order valence-electron chi connectivity index (χ1n) is 9.23. The zero-order valence-electron chi connectivity index (χ0n) is 15.8. The summed E-state index contributed by atoms with van der Waals surface area (Å²) in [5.74, 6) is -1.93. The third kappa shape index (κ3) is 6.49. The minimum atomic E-state index is -1.31. The van der Waals surface area contributed by atoms with Gasteiger partial charge in [-0.25, -0.2) is 4.79 Å². The van der Waals surface area contributed by atoms with Gasteiger partial charge in [0, 0.05) is 38.5 Å². The Balaban J connectivity index is 2.07. The Morgan fingerprint density at radius 1 is 1.28 bits per heavy atom. The van der Waals surface area contributed by atoms with E-state index in [1.54, 1.807) is 0 Å². The highest BCUT2D eigenvalue weighted by atomic mass is 16.5. The molecule has 1 aliphatic rings. The fraction of sp³-hybridized carbons (Fsp3) is 0.647. The maximum absolute atomic E-state index is 12.0. The van der Waals surface area contributed by atoms with Gasteiger partial charge in [-0.15, -0.1) is 0 Å². The molecule has 2 rings (SSSR count). The van der Waals surface area contributed by atoms with Crippen molar-refractivity contribution in [2.75, 3.05) is 18.8 Å². The molecule has 0 aliphatic carbocycles. The number of carbonyl (C=O) groups is 2. The number of anilines is 1. The molecule has 29 heavy (non-hydrogen) atoms. The van der Waals surface area contributed by atoms with Crippen molar-refractivity contribution in [2.45, 2.75) is 56.8 Å². The lowest BCUT2D eigenvalue weighted by Gasteiger charge is -2.32. The van der Waals surface area contributed by atoms with E-state index in [0.29, 0.717) is 0 Å². The van der Waals surface area contributed by atoms with E-state index in [1.807, 2.05) is 0 Å². The van der Waals surface area contributed by atoms with Gasteiger partial charge in [0.1, 0.15) is 24.4 Å². The summed E-state index contributed by atoms with van der Waals surface area (Å²) in [6, 6.07) is 1.41. The van der Waals surface area contributed by atoms with Gasteiger partial charge >= 0.3 is 17.6 Å². The number of aliphatic hydroxyl groups excluding tert-OH is 2. The molecule has 1 unspecified atom stereocenters. The van der Waals surface area contributed by atoms with Crippen LogP contribution >= 0.6 is 0 Å². The first-order valence-corrected chi connectivity index (χ1v) is 9.23. The van der Waals surface area contributed by atoms with E-state index in [1.165, 1.54) is 17.2 Å². The molecule has 6 N–H and O–H groups in total. The van der Waals surface area contributed by atoms with E-state index in [9.17, 15) is 24.6 Å². The molecule has 0 bridgehead atoms. The van der Waals surface area contributed by atoms with Crippen LogP contribution in [0.25, 0.3) is 0 Å². The van der Waals surface area contributed by atoms with Crippen molar-refractivity contribution in [3.8, 4) is 0 Å². The van der Waals surface area contributed by atoms with Crippen molar-refractivity contribution in [1.82, 2.24) is 14.5 Å². The van der Waals surface area contributed by atoms with Crippen molar-refractivity contribution in [3.63, 3.8) is 0 Å². The third-order valence-corrected chi connectivity index (χ3v) is 4.64. The van der Waals surface area contributed by atoms with Crippen molar-refractivity contribution in [1.29, 1.82) is 0 Å². The zero-order chi connectivity index (χ0) is 21.6. The Morgan fingerprint density at radius 3 is 2.38 bits per heavy atom. The topological polar surface area (TPSA) is 188 Å². The van der Waals surface area contributed by atoms with Crippen molar-refractivity contribution >= 4 is 17.8 Å². The van der Waals surface area contributed by atoms with Gasteiger partial charge in [-0.05, 0) is 18.9 Å². The standard InChI is InChI=1S/C17H26N4O8/c18-11-5-8-21(17(28)19-11)12-9-10(22)15(29-12)16(27)20(6-1-3-13(23)24)7-2-4-14(25)26/h5,8,10,12,15-16,22,27H,1-4,6-7,9H2,(H,23,24)(H,25,26)(H2,18,19,28)/t10-,12+,15-,16?/m0/s1. The fourth-order valence-electron chi connectivity index (χ4n) is 3.21. The highest BCUT2D eigenvalue weighted by molar-refractivity contribution is 5.66. The maximum atomic E-state index is 12.0. The number of nitrogens with two attached hydrogens (primary N) is 1. The second-order valence-corrected chi connectivity index (χ2v) is 6.84. The fourth-order valence-corrected chi connectivity index (χ4v) is 3.21. The summed E-state index contributed by atoms with van der Waals surface area (Å²) >= 11 is 0. The second kappa shape index (κ2) is 10.3. The van der Waals surface area contributed by atoms with E-state index in [-0.39, 0.29) is 51.0 Å². The van der Waals surface area contributed by atoms with Crippen molar-refractivity contribution < 1.29 is 34.8 Å². The molecule has 0 amide bonds. The van der Waals surface area contributed by atoms with Crippen LogP contribution in [0.4, 0.5) is 5.82 Å². The Labute approximate surface area is 166 Å². The smallest absolute Gasteiger partial charge is 0.351 e. The van der Waals surface area contributed by atoms with Crippen LogP contribution in [-0.2, 0) is 14.3 Å². The highest BCUT2D eigenvalue weighted by Crippen LogP contribution is 2.30. The molecule has 12 nitrogen and oxygen atoms in total. The number of carboxylic acid groups (broad SMARTS) is 2. The average Bonchev–Trinajstić information content (AvgIpc) is 3.00. The molecule has 1 aliphatic heterocycles. The van der Waals surface area contributed by atoms with Gasteiger partial charge in [-0.3, -0.25) is 19.1 Å². The molecule has 162 valence electrons. The molecule has 1 saturated heterocycles. The van der Waals surface area contributed by atoms with Crippen molar-refractivity contribution in [2.24, 2.45) is 0 Å². The number of carboxylic acids is 2. The molecular weight excluding hydrogens is 388 g/mol. The van der Waals surface area contributed by atoms with Gasteiger partial charge in [0.25, 0.3) is 0 Å². The van der Waals surface area contributed by atoms with Crippen LogP contribution < -0.4 is 11.4 Å². The van der Waals surface area contributed by atoms with Gasteiger partial charge in [0.2, 0.25) is 0 Å². The monoisotopic (exact) mass is 414 g/mol. The lowest BCUT2D eigenvalue weighted by Crippen LogP contribution is -2.48. The van der Waals surface area contributed by atoms with Gasteiger partial charge < -0.3 is 30.9 Å². The number of aliphatic hydroxyl groups is 2. The third-order valence-electron chi connectivity index (χ3n) is 4.64. The predicted molar refractivity (Wildman–Crippen MR) is 98.8 cm³/mol. The number of aliphatic carboxylic acids is 2. The summed E-state index contributed by atoms with van der Waals surface area (Å²) in [6.07, 6.45) is -2.70. The molecule has 0 saturated carbocycles. The van der Waals surface area contributed by atoms with Gasteiger partial charge in [-0.2, -0.15) is 4.98 Å². The molecule has 0 aromatic carbocycles. The minimum absolute atomic E-state index is 0.0331. The Bertz CT molecular complexity index is 750. The molecule has 1 fully saturated rings. The number of hydrogen-bond acceptors (Lipinski definition) is 9. The Kier molecular flexibility index (Phi) is 8.08. The molecule has 1 aromatic rings. The lowest BCUT2D eigenvalue weighted by atomic mass is 10.1. The predicted octanol–water partition coefficient (Wildman–Crippen LogP) is -1.18. The van der Waals surface area contributed by atoms with Crippen LogP contribution in [0.2, 0.25) is 0 Å². The molecule has 4 atom stereocenters. The van der Waals surface area contributed by atoms with Crippen LogP contribution in [-0.4, -0.2) is 78.3 Å². The van der Waals surface area contributed by atoms with E-state index in [2.05, 4.69) is 4.98 Å². The summed E-state index contributed by atoms with van der Waals surface area (Å²) in [6.45, 7) is 0.349. The average molecular weight is 414 g/mol. The van der Waals surface area contributed by atoms with E-state index >= 15 is 0 Å². The summed E-state index contributed by atoms with van der Waals surface area (Å²) in [5.41, 5.74) is 4.80. The first-order chi connectivity index (χ1) is 13.7. The number of nitrogens with zero attached hydrogens (tertiary/aromatic N) is 3. The summed E-state index contributed by atoms with van der Waals surface area (Å²) in [4.78, 5) is 38.6. The molecule has 0 spiro atoms. The summed E-state index contributed by atoms with van der Waals surface area (Å²) in [5, 5.41) is 38.7. The van der Waals surface area contributed by atoms with E-state index in [0.717, 1.165) is 4.57 Å². The van der Waals surface area contributed by atoms with Crippen LogP contribution in [0, 0.1) is 0 Å². The van der Waals surface area contributed by atoms with Crippen LogP contribution in [0.5, 0.6) is 0 Å². The SMILES string of the molecule is Nc1ccn([C@H]2C[C@H](O)[C@@H](C(O)N(CCCC(=O)O)CCCC(=O)O)O2)c(=O)n1. The molecule has 0 radical (unpaired) electrons. The molecule has 12 heteroatoms. The maximum Gasteiger partial charge on any atom is 0.351 e. The van der Waals surface area contributed by atoms with E-state index in [4.69, 9.17) is 20.7 Å². The van der Waals surface area contributed by atoms with Gasteiger partial charge in [0.15, 0.2) is 0 Å². The number of nitrogen functional groups attached to an aromatic ring is 1. The zero-order valence-corrected chi connectivity index (χ0v) is 15.8. The summed E-state index contributed by atoms with van der Waals surface area (Å²) < 4.78 is 6.84. The molecule has 2 heterocycles. The lowest BCUT2D eigenvalue weighted by molar-refractivity contribution is -0.144. The van der Waals surface area contributed by atoms with Crippen LogP contribution in [0.1, 0.15) is 38.3 Å². The minimum Gasteiger partial charge on any atom is -0.481 e. The van der Waals surface area contributed by atoms with Crippen LogP contribution in [0.15, 0.2) is 17.1 Å². The molecule has 1 aromatic heterocycles. The number of aromatic nitrogens is 2. The van der Waals surface area contributed by atoms with E-state index < -0.39 is 42.3 Å². The normalized spacial score (nSPS) is 22.7. The van der Waals surface area contributed by atoms with Gasteiger partial charge in [0.05, 0.1) is 6.10 Å². The highest BCUT2D eigenvalue weighted by Gasteiger charge is 2.41. The molecular formula is C17H26N4O8. The quantitative estimate of drug-likeness (QED) is 0.274. The number of rotatable bonds is 11. The number of hydrogen-bond donors (Lipinski definition) is 5. The Hall–Kier alpha value is -2.54. The largest absolute Gasteiger partial charge is 0.481 e. The first kappa shape index (κ1) is 22.7. The van der Waals surface area contributed by atoms with Crippen LogP contribution in [0.3, 0.4) is 0 Å². The number of ether oxygens (including phenoxy) is 1.